The third-order valence-electron chi connectivity index (χ3n) is 2.87. The molecule has 0 atom stereocenters. The number of piperazine rings is 1. The topological polar surface area (TPSA) is 67.5 Å². The van der Waals surface area contributed by atoms with E-state index in [-0.39, 0.29) is 0 Å². The van der Waals surface area contributed by atoms with Crippen LogP contribution in [0.3, 0.4) is 0 Å². The summed E-state index contributed by atoms with van der Waals surface area (Å²) < 4.78 is 5.07. The molecule has 1 aliphatic rings. The lowest BCUT2D eigenvalue weighted by atomic mass is 10.3. The molecule has 2 rings (SSSR count). The van der Waals surface area contributed by atoms with Crippen molar-refractivity contribution in [3.63, 3.8) is 0 Å². The lowest BCUT2D eigenvalue weighted by Crippen LogP contribution is -2.45. The lowest BCUT2D eigenvalue weighted by molar-refractivity contribution is 0.181. The van der Waals surface area contributed by atoms with Crippen LogP contribution in [-0.2, 0) is 11.3 Å². The molecule has 1 aromatic rings. The monoisotopic (exact) mass is 237 g/mol. The summed E-state index contributed by atoms with van der Waals surface area (Å²) in [6.45, 7) is 4.39. The van der Waals surface area contributed by atoms with Crippen LogP contribution in [0.15, 0.2) is 6.07 Å². The van der Waals surface area contributed by atoms with Crippen molar-refractivity contribution in [1.29, 1.82) is 0 Å². The fraction of sp³-hybridized carbons (Fsp3) is 0.636. The maximum absolute atomic E-state index is 5.78. The summed E-state index contributed by atoms with van der Waals surface area (Å²) in [6, 6.07) is 1.75. The van der Waals surface area contributed by atoms with Crippen LogP contribution in [-0.4, -0.2) is 55.2 Å². The van der Waals surface area contributed by atoms with E-state index in [4.69, 9.17) is 10.5 Å². The van der Waals surface area contributed by atoms with E-state index in [0.29, 0.717) is 18.4 Å². The summed E-state index contributed by atoms with van der Waals surface area (Å²) in [7, 11) is 3.77. The highest BCUT2D eigenvalue weighted by atomic mass is 16.5. The molecule has 0 spiro atoms. The molecule has 6 nitrogen and oxygen atoms in total. The zero-order valence-corrected chi connectivity index (χ0v) is 10.4. The number of ether oxygens (including phenoxy) is 1. The van der Waals surface area contributed by atoms with Gasteiger partial charge in [0.2, 0.25) is 5.95 Å². The predicted molar refractivity (Wildman–Crippen MR) is 66.9 cm³/mol. The molecule has 2 heterocycles. The molecule has 1 fully saturated rings. The summed E-state index contributed by atoms with van der Waals surface area (Å²) in [5, 5.41) is 0. The summed E-state index contributed by atoms with van der Waals surface area (Å²) in [5.41, 5.74) is 6.61. The van der Waals surface area contributed by atoms with E-state index >= 15 is 0 Å². The molecular formula is C11H19N5O. The summed E-state index contributed by atoms with van der Waals surface area (Å²) in [4.78, 5) is 13.2. The van der Waals surface area contributed by atoms with Crippen LogP contribution in [0.1, 0.15) is 5.69 Å². The van der Waals surface area contributed by atoms with Crippen molar-refractivity contribution in [2.24, 2.45) is 0 Å². The van der Waals surface area contributed by atoms with Gasteiger partial charge in [0.15, 0.2) is 0 Å². The zero-order valence-electron chi connectivity index (χ0n) is 10.4. The van der Waals surface area contributed by atoms with Crippen LogP contribution < -0.4 is 10.6 Å². The van der Waals surface area contributed by atoms with Gasteiger partial charge in [0.25, 0.3) is 0 Å². The van der Waals surface area contributed by atoms with E-state index in [1.165, 1.54) is 0 Å². The van der Waals surface area contributed by atoms with Gasteiger partial charge in [0, 0.05) is 39.4 Å². The van der Waals surface area contributed by atoms with Crippen LogP contribution in [0.5, 0.6) is 0 Å². The summed E-state index contributed by atoms with van der Waals surface area (Å²) in [5.74, 6) is 1.21. The fourth-order valence-corrected chi connectivity index (χ4v) is 1.87. The molecule has 0 amide bonds. The molecule has 0 unspecified atom stereocenters. The predicted octanol–water partition coefficient (Wildman–Crippen LogP) is -0.0430. The minimum absolute atomic E-state index is 0.466. The Morgan fingerprint density at radius 3 is 2.65 bits per heavy atom. The minimum Gasteiger partial charge on any atom is -0.384 e. The SMILES string of the molecule is COCc1cc(N)nc(N2CCN(C)CC2)n1. The molecule has 6 heteroatoms. The van der Waals surface area contributed by atoms with Crippen molar-refractivity contribution in [3.05, 3.63) is 11.8 Å². The van der Waals surface area contributed by atoms with Crippen molar-refractivity contribution in [3.8, 4) is 0 Å². The van der Waals surface area contributed by atoms with Crippen molar-refractivity contribution in [1.82, 2.24) is 14.9 Å². The van der Waals surface area contributed by atoms with E-state index in [9.17, 15) is 0 Å². The van der Waals surface area contributed by atoms with Gasteiger partial charge in [-0.15, -0.1) is 0 Å². The van der Waals surface area contributed by atoms with Crippen LogP contribution >= 0.6 is 0 Å². The number of hydrogen-bond donors (Lipinski definition) is 1. The number of nitrogens with zero attached hydrogens (tertiary/aromatic N) is 4. The second-order valence-corrected chi connectivity index (χ2v) is 4.31. The summed E-state index contributed by atoms with van der Waals surface area (Å²) in [6.07, 6.45) is 0. The number of anilines is 2. The Labute approximate surface area is 101 Å². The standard InChI is InChI=1S/C11H19N5O/c1-15-3-5-16(6-4-15)11-13-9(8-17-2)7-10(12)14-11/h7H,3-6,8H2,1-2H3,(H2,12,13,14). The first kappa shape index (κ1) is 12.1. The largest absolute Gasteiger partial charge is 0.384 e. The van der Waals surface area contributed by atoms with Gasteiger partial charge in [-0.3, -0.25) is 0 Å². The van der Waals surface area contributed by atoms with E-state index in [0.717, 1.165) is 31.9 Å². The average Bonchev–Trinajstić information content (AvgIpc) is 2.29. The smallest absolute Gasteiger partial charge is 0.227 e. The lowest BCUT2D eigenvalue weighted by Gasteiger charge is -2.32. The van der Waals surface area contributed by atoms with E-state index in [1.807, 2.05) is 0 Å². The molecule has 0 bridgehead atoms. The number of rotatable bonds is 3. The molecule has 0 aromatic carbocycles. The van der Waals surface area contributed by atoms with E-state index in [2.05, 4.69) is 26.8 Å². The molecular weight excluding hydrogens is 218 g/mol. The van der Waals surface area contributed by atoms with Gasteiger partial charge in [-0.1, -0.05) is 0 Å². The Balaban J connectivity index is 2.14. The van der Waals surface area contributed by atoms with Gasteiger partial charge < -0.3 is 20.3 Å². The molecule has 0 aliphatic carbocycles. The van der Waals surface area contributed by atoms with E-state index in [1.54, 1.807) is 13.2 Å². The van der Waals surface area contributed by atoms with Gasteiger partial charge >= 0.3 is 0 Å². The van der Waals surface area contributed by atoms with Crippen LogP contribution in [0, 0.1) is 0 Å². The van der Waals surface area contributed by atoms with Crippen LogP contribution in [0.4, 0.5) is 11.8 Å². The van der Waals surface area contributed by atoms with Crippen molar-refractivity contribution < 1.29 is 4.74 Å². The van der Waals surface area contributed by atoms with Crippen molar-refractivity contribution in [2.75, 3.05) is 51.0 Å². The second-order valence-electron chi connectivity index (χ2n) is 4.31. The quantitative estimate of drug-likeness (QED) is 0.795. The first-order chi connectivity index (χ1) is 8.19. The molecule has 1 aromatic heterocycles. The highest BCUT2D eigenvalue weighted by Crippen LogP contribution is 2.14. The maximum Gasteiger partial charge on any atom is 0.227 e. The number of hydrogen-bond acceptors (Lipinski definition) is 6. The molecule has 94 valence electrons. The number of nitrogen functional groups attached to an aromatic ring is 1. The molecule has 0 radical (unpaired) electrons. The molecule has 1 saturated heterocycles. The van der Waals surface area contributed by atoms with Gasteiger partial charge in [0.1, 0.15) is 5.82 Å². The minimum atomic E-state index is 0.466. The zero-order chi connectivity index (χ0) is 12.3. The van der Waals surface area contributed by atoms with Gasteiger partial charge in [-0.2, -0.15) is 4.98 Å². The third kappa shape index (κ3) is 3.04. The van der Waals surface area contributed by atoms with Crippen LogP contribution in [0.25, 0.3) is 0 Å². The number of likely N-dealkylation sites (N-methyl/N-ethyl adjacent to an activating group) is 1. The first-order valence-corrected chi connectivity index (χ1v) is 5.75. The Bertz CT molecular complexity index is 376. The van der Waals surface area contributed by atoms with Gasteiger partial charge in [-0.25, -0.2) is 4.98 Å². The first-order valence-electron chi connectivity index (χ1n) is 5.75. The Kier molecular flexibility index (Phi) is 3.75. The van der Waals surface area contributed by atoms with Crippen molar-refractivity contribution >= 4 is 11.8 Å². The molecule has 0 saturated carbocycles. The molecule has 17 heavy (non-hydrogen) atoms. The maximum atomic E-state index is 5.78. The summed E-state index contributed by atoms with van der Waals surface area (Å²) >= 11 is 0. The Morgan fingerprint density at radius 2 is 2.00 bits per heavy atom. The number of nitrogens with two attached hydrogens (primary N) is 1. The van der Waals surface area contributed by atoms with Crippen LogP contribution in [0.2, 0.25) is 0 Å². The van der Waals surface area contributed by atoms with Gasteiger partial charge in [0.05, 0.1) is 12.3 Å². The highest BCUT2D eigenvalue weighted by Gasteiger charge is 2.17. The molecule has 2 N–H and O–H groups in total. The number of aromatic nitrogens is 2. The normalized spacial score (nSPS) is 17.4. The highest BCUT2D eigenvalue weighted by molar-refractivity contribution is 5.40. The average molecular weight is 237 g/mol. The third-order valence-corrected chi connectivity index (χ3v) is 2.87. The van der Waals surface area contributed by atoms with Crippen molar-refractivity contribution in [2.45, 2.75) is 6.61 Å². The number of methoxy groups -OCH3 is 1. The Morgan fingerprint density at radius 1 is 1.29 bits per heavy atom. The Hall–Kier alpha value is -1.40. The second kappa shape index (κ2) is 5.29. The van der Waals surface area contributed by atoms with E-state index < -0.39 is 0 Å². The van der Waals surface area contributed by atoms with Gasteiger partial charge in [-0.05, 0) is 7.05 Å². The fourth-order valence-electron chi connectivity index (χ4n) is 1.87. The molecule has 1 aliphatic heterocycles.